The van der Waals surface area contributed by atoms with E-state index < -0.39 is 29.7 Å². The Morgan fingerprint density at radius 1 is 1.00 bits per heavy atom. The zero-order valence-electron chi connectivity index (χ0n) is 14.2. The SMILES string of the molecule is CC(C)(C)OC(=O)N[C@H]1CN[C@H](C(=O)N[C@H]2CN[C@H](C(=O)O)C2)C1. The second-order valence-electron chi connectivity index (χ2n) is 7.28. The van der Waals surface area contributed by atoms with Gasteiger partial charge in [0, 0.05) is 25.2 Å². The van der Waals surface area contributed by atoms with Crippen LogP contribution in [-0.4, -0.2) is 65.9 Å². The van der Waals surface area contributed by atoms with Crippen LogP contribution in [0.5, 0.6) is 0 Å². The molecule has 0 aromatic carbocycles. The molecule has 2 rings (SSSR count). The molecule has 0 saturated carbocycles. The van der Waals surface area contributed by atoms with E-state index in [0.717, 1.165) is 0 Å². The molecule has 2 saturated heterocycles. The number of carboxylic acid groups (broad SMARTS) is 1. The van der Waals surface area contributed by atoms with Crippen molar-refractivity contribution in [1.29, 1.82) is 0 Å². The molecule has 2 aliphatic rings. The van der Waals surface area contributed by atoms with E-state index in [4.69, 9.17) is 9.84 Å². The fourth-order valence-electron chi connectivity index (χ4n) is 2.86. The van der Waals surface area contributed by atoms with Crippen molar-refractivity contribution < 1.29 is 24.2 Å². The fraction of sp³-hybridized carbons (Fsp3) is 0.800. The maximum Gasteiger partial charge on any atom is 0.407 e. The standard InChI is InChI=1S/C15H26N4O5/c1-15(2,3)24-14(23)19-9-4-10(16-7-9)12(20)18-8-5-11(13(21)22)17-6-8/h8-11,16-17H,4-7H2,1-3H3,(H,18,20)(H,19,23)(H,21,22)/t8-,9-,10+,11+/m1/s1. The van der Waals surface area contributed by atoms with E-state index in [-0.39, 0.29) is 18.0 Å². The van der Waals surface area contributed by atoms with Crippen molar-refractivity contribution >= 4 is 18.0 Å². The van der Waals surface area contributed by atoms with E-state index in [1.807, 2.05) is 0 Å². The third-order valence-corrected chi connectivity index (χ3v) is 3.94. The van der Waals surface area contributed by atoms with Gasteiger partial charge in [-0.15, -0.1) is 0 Å². The summed E-state index contributed by atoms with van der Waals surface area (Å²) in [6.45, 7) is 6.29. The van der Waals surface area contributed by atoms with Crippen LogP contribution in [0.4, 0.5) is 4.79 Å². The predicted molar refractivity (Wildman–Crippen MR) is 85.5 cm³/mol. The van der Waals surface area contributed by atoms with Crippen LogP contribution < -0.4 is 21.3 Å². The lowest BCUT2D eigenvalue weighted by molar-refractivity contribution is -0.139. The van der Waals surface area contributed by atoms with Gasteiger partial charge >= 0.3 is 12.1 Å². The molecule has 9 nitrogen and oxygen atoms in total. The Labute approximate surface area is 140 Å². The molecule has 0 aliphatic carbocycles. The number of ether oxygens (including phenoxy) is 1. The van der Waals surface area contributed by atoms with Crippen LogP contribution in [0.2, 0.25) is 0 Å². The monoisotopic (exact) mass is 342 g/mol. The Bertz CT molecular complexity index is 505. The maximum absolute atomic E-state index is 12.2. The highest BCUT2D eigenvalue weighted by atomic mass is 16.6. The molecule has 2 fully saturated rings. The minimum atomic E-state index is -0.910. The number of carbonyl (C=O) groups is 3. The van der Waals surface area contributed by atoms with E-state index in [2.05, 4.69) is 21.3 Å². The molecule has 2 aliphatic heterocycles. The molecule has 0 aromatic rings. The number of rotatable bonds is 4. The van der Waals surface area contributed by atoms with Crippen LogP contribution in [0.3, 0.4) is 0 Å². The summed E-state index contributed by atoms with van der Waals surface area (Å²) in [4.78, 5) is 34.9. The van der Waals surface area contributed by atoms with Crippen molar-refractivity contribution in [3.8, 4) is 0 Å². The van der Waals surface area contributed by atoms with Gasteiger partial charge in [-0.25, -0.2) is 4.79 Å². The van der Waals surface area contributed by atoms with Crippen LogP contribution >= 0.6 is 0 Å². The number of carboxylic acids is 1. The number of alkyl carbamates (subject to hydrolysis) is 1. The first kappa shape index (κ1) is 18.5. The van der Waals surface area contributed by atoms with Gasteiger partial charge in [-0.3, -0.25) is 9.59 Å². The van der Waals surface area contributed by atoms with Gasteiger partial charge in [0.05, 0.1) is 6.04 Å². The van der Waals surface area contributed by atoms with Crippen molar-refractivity contribution in [3.63, 3.8) is 0 Å². The van der Waals surface area contributed by atoms with Gasteiger partial charge in [0.2, 0.25) is 5.91 Å². The molecule has 0 spiro atoms. The summed E-state index contributed by atoms with van der Waals surface area (Å²) < 4.78 is 5.19. The highest BCUT2D eigenvalue weighted by molar-refractivity contribution is 5.83. The number of hydrogen-bond donors (Lipinski definition) is 5. The van der Waals surface area contributed by atoms with Crippen molar-refractivity contribution in [3.05, 3.63) is 0 Å². The highest BCUT2D eigenvalue weighted by Crippen LogP contribution is 2.12. The number of hydrogen-bond acceptors (Lipinski definition) is 6. The van der Waals surface area contributed by atoms with E-state index in [0.29, 0.717) is 25.9 Å². The Hall–Kier alpha value is -1.87. The molecular weight excluding hydrogens is 316 g/mol. The number of nitrogens with one attached hydrogen (secondary N) is 4. The van der Waals surface area contributed by atoms with Gasteiger partial charge in [0.25, 0.3) is 0 Å². The van der Waals surface area contributed by atoms with Crippen LogP contribution in [-0.2, 0) is 14.3 Å². The molecule has 0 unspecified atom stereocenters. The Kier molecular flexibility index (Phi) is 5.66. The van der Waals surface area contributed by atoms with E-state index in [9.17, 15) is 14.4 Å². The third kappa shape index (κ3) is 5.34. The number of amides is 2. The Morgan fingerprint density at radius 3 is 2.08 bits per heavy atom. The Balaban J connectivity index is 1.74. The Morgan fingerprint density at radius 2 is 1.54 bits per heavy atom. The highest BCUT2D eigenvalue weighted by Gasteiger charge is 2.35. The second kappa shape index (κ2) is 7.35. The first-order valence-corrected chi connectivity index (χ1v) is 8.13. The van der Waals surface area contributed by atoms with Gasteiger partial charge in [-0.1, -0.05) is 0 Å². The number of carbonyl (C=O) groups excluding carboxylic acids is 2. The summed E-state index contributed by atoms with van der Waals surface area (Å²) in [6.07, 6.45) is 0.334. The molecule has 24 heavy (non-hydrogen) atoms. The van der Waals surface area contributed by atoms with Gasteiger partial charge < -0.3 is 31.1 Å². The van der Waals surface area contributed by atoms with Crippen LogP contribution in [0.25, 0.3) is 0 Å². The summed E-state index contributed by atoms with van der Waals surface area (Å²) in [5.41, 5.74) is -0.566. The van der Waals surface area contributed by atoms with Crippen LogP contribution in [0.15, 0.2) is 0 Å². The van der Waals surface area contributed by atoms with Crippen molar-refractivity contribution in [2.75, 3.05) is 13.1 Å². The van der Waals surface area contributed by atoms with Gasteiger partial charge in [0.15, 0.2) is 0 Å². The quantitative estimate of drug-likeness (QED) is 0.451. The summed E-state index contributed by atoms with van der Waals surface area (Å²) in [6, 6.07) is -1.40. The summed E-state index contributed by atoms with van der Waals surface area (Å²) in [5, 5.41) is 20.4. The van der Waals surface area contributed by atoms with Crippen LogP contribution in [0.1, 0.15) is 33.6 Å². The normalized spacial score (nSPS) is 30.0. The lowest BCUT2D eigenvalue weighted by Crippen LogP contribution is -2.46. The first-order valence-electron chi connectivity index (χ1n) is 8.13. The smallest absolute Gasteiger partial charge is 0.407 e. The molecule has 9 heteroatoms. The van der Waals surface area contributed by atoms with Crippen molar-refractivity contribution in [2.24, 2.45) is 0 Å². The third-order valence-electron chi connectivity index (χ3n) is 3.94. The largest absolute Gasteiger partial charge is 0.480 e. The topological polar surface area (TPSA) is 129 Å². The van der Waals surface area contributed by atoms with E-state index >= 15 is 0 Å². The second-order valence-corrected chi connectivity index (χ2v) is 7.28. The van der Waals surface area contributed by atoms with Crippen LogP contribution in [0, 0.1) is 0 Å². The molecule has 136 valence electrons. The van der Waals surface area contributed by atoms with Gasteiger partial charge in [0.1, 0.15) is 11.6 Å². The lowest BCUT2D eigenvalue weighted by atomic mass is 10.1. The minimum absolute atomic E-state index is 0.177. The molecule has 0 aromatic heterocycles. The van der Waals surface area contributed by atoms with E-state index in [1.54, 1.807) is 20.8 Å². The zero-order chi connectivity index (χ0) is 17.9. The molecule has 2 heterocycles. The zero-order valence-corrected chi connectivity index (χ0v) is 14.2. The summed E-state index contributed by atoms with van der Waals surface area (Å²) in [5.74, 6) is -1.09. The predicted octanol–water partition coefficient (Wildman–Crippen LogP) is -0.827. The maximum atomic E-state index is 12.2. The average Bonchev–Trinajstić information content (AvgIpc) is 3.05. The molecule has 5 N–H and O–H groups in total. The molecule has 2 amide bonds. The summed E-state index contributed by atoms with van der Waals surface area (Å²) in [7, 11) is 0. The average molecular weight is 342 g/mol. The molecular formula is C15H26N4O5. The van der Waals surface area contributed by atoms with E-state index in [1.165, 1.54) is 0 Å². The number of aliphatic carboxylic acids is 1. The fourth-order valence-corrected chi connectivity index (χ4v) is 2.86. The van der Waals surface area contributed by atoms with Gasteiger partial charge in [-0.05, 0) is 33.6 Å². The summed E-state index contributed by atoms with van der Waals surface area (Å²) >= 11 is 0. The first-order chi connectivity index (χ1) is 11.1. The minimum Gasteiger partial charge on any atom is -0.480 e. The van der Waals surface area contributed by atoms with Gasteiger partial charge in [-0.2, -0.15) is 0 Å². The molecule has 0 bridgehead atoms. The molecule has 4 atom stereocenters. The van der Waals surface area contributed by atoms with Crippen molar-refractivity contribution in [1.82, 2.24) is 21.3 Å². The van der Waals surface area contributed by atoms with Crippen molar-refractivity contribution in [2.45, 2.75) is 63.4 Å². The lowest BCUT2D eigenvalue weighted by Gasteiger charge is -2.21. The molecule has 0 radical (unpaired) electrons.